The summed E-state index contributed by atoms with van der Waals surface area (Å²) in [5, 5.41) is 0. The second-order valence-corrected chi connectivity index (χ2v) is 8.15. The van der Waals surface area contributed by atoms with Gasteiger partial charge in [0, 0.05) is 6.54 Å². The summed E-state index contributed by atoms with van der Waals surface area (Å²) in [4.78, 5) is 13.9. The zero-order valence-corrected chi connectivity index (χ0v) is 16.3. The summed E-state index contributed by atoms with van der Waals surface area (Å²) in [5.41, 5.74) is 0.716. The monoisotopic (exact) mass is 399 g/mol. The van der Waals surface area contributed by atoms with Gasteiger partial charge in [-0.25, -0.2) is 4.79 Å². The summed E-state index contributed by atoms with van der Waals surface area (Å²) < 4.78 is 16.9. The topological polar surface area (TPSA) is 48.0 Å². The van der Waals surface area contributed by atoms with Crippen LogP contribution in [0.25, 0.3) is 0 Å². The van der Waals surface area contributed by atoms with Gasteiger partial charge < -0.3 is 19.1 Å². The lowest BCUT2D eigenvalue weighted by atomic mass is 10.2. The zero-order valence-electron chi connectivity index (χ0n) is 14.8. The molecule has 1 amide bonds. The van der Waals surface area contributed by atoms with E-state index in [-0.39, 0.29) is 17.0 Å². The second kappa shape index (κ2) is 8.21. The number of hydrogen-bond acceptors (Lipinski definition) is 4. The van der Waals surface area contributed by atoms with Crippen LogP contribution in [0.5, 0.6) is 5.75 Å². The largest absolute Gasteiger partial charge is 0.491 e. The molecule has 1 saturated heterocycles. The summed E-state index contributed by atoms with van der Waals surface area (Å²) in [7, 11) is 0. The molecule has 6 heteroatoms. The number of amides is 1. The van der Waals surface area contributed by atoms with Crippen LogP contribution in [-0.4, -0.2) is 53.8 Å². The summed E-state index contributed by atoms with van der Waals surface area (Å²) in [5.74, 6) is 0.835. The van der Waals surface area contributed by atoms with Crippen molar-refractivity contribution in [1.82, 2.24) is 4.90 Å². The zero-order chi connectivity index (χ0) is 17.7. The number of carbonyl (C=O) groups excluding carboxylic acids is 1. The van der Waals surface area contributed by atoms with Gasteiger partial charge in [0.1, 0.15) is 18.0 Å². The van der Waals surface area contributed by atoms with Gasteiger partial charge in [0.25, 0.3) is 0 Å². The number of nitrogens with zero attached hydrogens (tertiary/aromatic N) is 1. The van der Waals surface area contributed by atoms with Gasteiger partial charge >= 0.3 is 6.09 Å². The Bertz CT molecular complexity index is 541. The van der Waals surface area contributed by atoms with Gasteiger partial charge in [0.05, 0.1) is 24.1 Å². The molecular formula is C18H26BrNO4. The van der Waals surface area contributed by atoms with Crippen LogP contribution >= 0.6 is 15.9 Å². The average molecular weight is 400 g/mol. The molecule has 2 atom stereocenters. The predicted octanol–water partition coefficient (Wildman–Crippen LogP) is 3.77. The maximum atomic E-state index is 12.1. The molecule has 1 aromatic carbocycles. The van der Waals surface area contributed by atoms with Crippen molar-refractivity contribution in [1.29, 1.82) is 0 Å². The van der Waals surface area contributed by atoms with E-state index in [4.69, 9.17) is 14.2 Å². The highest BCUT2D eigenvalue weighted by molar-refractivity contribution is 9.09. The molecule has 1 fully saturated rings. The van der Waals surface area contributed by atoms with Gasteiger partial charge in [-0.05, 0) is 39.8 Å². The van der Waals surface area contributed by atoms with Crippen LogP contribution in [0.2, 0.25) is 0 Å². The van der Waals surface area contributed by atoms with E-state index in [1.807, 2.05) is 52.0 Å². The van der Waals surface area contributed by atoms with Crippen molar-refractivity contribution in [2.45, 2.75) is 44.2 Å². The number of aryl methyl sites for hydroxylation is 1. The van der Waals surface area contributed by atoms with E-state index in [0.717, 1.165) is 5.75 Å². The highest BCUT2D eigenvalue weighted by Gasteiger charge is 2.36. The van der Waals surface area contributed by atoms with Crippen molar-refractivity contribution < 1.29 is 19.0 Å². The SMILES string of the molecule is Cc1ccc(OCCOC2CN(C(=O)OC(C)(C)C)CC2Br)cc1. The molecule has 1 aliphatic rings. The third-order valence-corrected chi connectivity index (χ3v) is 4.43. The highest BCUT2D eigenvalue weighted by Crippen LogP contribution is 2.22. The van der Waals surface area contributed by atoms with E-state index < -0.39 is 5.60 Å². The summed E-state index contributed by atoms with van der Waals surface area (Å²) in [6, 6.07) is 7.92. The van der Waals surface area contributed by atoms with Crippen molar-refractivity contribution in [3.8, 4) is 5.75 Å². The van der Waals surface area contributed by atoms with Crippen LogP contribution in [0.3, 0.4) is 0 Å². The molecule has 1 heterocycles. The number of likely N-dealkylation sites (tertiary alicyclic amines) is 1. The first-order valence-corrected chi connectivity index (χ1v) is 9.09. The van der Waals surface area contributed by atoms with Gasteiger partial charge in [-0.2, -0.15) is 0 Å². The van der Waals surface area contributed by atoms with E-state index in [0.29, 0.717) is 26.3 Å². The normalized spacial score (nSPS) is 21.0. The molecular weight excluding hydrogens is 374 g/mol. The van der Waals surface area contributed by atoms with Crippen LogP contribution in [0.15, 0.2) is 24.3 Å². The van der Waals surface area contributed by atoms with Crippen LogP contribution < -0.4 is 4.74 Å². The van der Waals surface area contributed by atoms with E-state index in [2.05, 4.69) is 15.9 Å². The minimum atomic E-state index is -0.486. The van der Waals surface area contributed by atoms with Crippen LogP contribution in [-0.2, 0) is 9.47 Å². The van der Waals surface area contributed by atoms with Crippen molar-refractivity contribution in [3.63, 3.8) is 0 Å². The number of benzene rings is 1. The number of carbonyl (C=O) groups is 1. The molecule has 0 spiro atoms. The number of alkyl halides is 1. The minimum Gasteiger partial charge on any atom is -0.491 e. The quantitative estimate of drug-likeness (QED) is 0.558. The number of halogens is 1. The fourth-order valence-electron chi connectivity index (χ4n) is 2.36. The molecule has 0 bridgehead atoms. The van der Waals surface area contributed by atoms with Gasteiger partial charge in [0.15, 0.2) is 0 Å². The second-order valence-electron chi connectivity index (χ2n) is 6.97. The fraction of sp³-hybridized carbons (Fsp3) is 0.611. The van der Waals surface area contributed by atoms with Crippen molar-refractivity contribution in [2.75, 3.05) is 26.3 Å². The standard InChI is InChI=1S/C18H26BrNO4/c1-13-5-7-14(8-6-13)22-9-10-23-16-12-20(11-15(16)19)17(21)24-18(2,3)4/h5-8,15-16H,9-12H2,1-4H3. The smallest absolute Gasteiger partial charge is 0.410 e. The van der Waals surface area contributed by atoms with Crippen LogP contribution in [0.4, 0.5) is 4.79 Å². The lowest BCUT2D eigenvalue weighted by Gasteiger charge is -2.24. The van der Waals surface area contributed by atoms with E-state index in [1.165, 1.54) is 5.56 Å². The first-order valence-electron chi connectivity index (χ1n) is 8.18. The van der Waals surface area contributed by atoms with Crippen LogP contribution in [0, 0.1) is 6.92 Å². The molecule has 5 nitrogen and oxygen atoms in total. The van der Waals surface area contributed by atoms with E-state index >= 15 is 0 Å². The third kappa shape index (κ3) is 5.98. The molecule has 2 unspecified atom stereocenters. The Morgan fingerprint density at radius 1 is 1.21 bits per heavy atom. The third-order valence-electron chi connectivity index (χ3n) is 3.56. The summed E-state index contributed by atoms with van der Waals surface area (Å²) in [6.45, 7) is 9.69. The van der Waals surface area contributed by atoms with Crippen molar-refractivity contribution in [3.05, 3.63) is 29.8 Å². The van der Waals surface area contributed by atoms with Crippen LogP contribution in [0.1, 0.15) is 26.3 Å². The molecule has 0 radical (unpaired) electrons. The maximum absolute atomic E-state index is 12.1. The Morgan fingerprint density at radius 2 is 1.88 bits per heavy atom. The maximum Gasteiger partial charge on any atom is 0.410 e. The molecule has 0 aromatic heterocycles. The molecule has 1 aliphatic heterocycles. The first kappa shape index (κ1) is 19.1. The molecule has 134 valence electrons. The average Bonchev–Trinajstić information content (AvgIpc) is 2.85. The van der Waals surface area contributed by atoms with Gasteiger partial charge in [-0.3, -0.25) is 0 Å². The molecule has 0 saturated carbocycles. The predicted molar refractivity (Wildman–Crippen MR) is 96.9 cm³/mol. The molecule has 0 aliphatic carbocycles. The van der Waals surface area contributed by atoms with E-state index in [9.17, 15) is 4.79 Å². The fourth-order valence-corrected chi connectivity index (χ4v) is 3.03. The Kier molecular flexibility index (Phi) is 6.52. The molecule has 2 rings (SSSR count). The Labute approximate surface area is 152 Å². The Morgan fingerprint density at radius 3 is 2.50 bits per heavy atom. The number of rotatable bonds is 5. The lowest BCUT2D eigenvalue weighted by molar-refractivity contribution is 0.0177. The summed E-state index contributed by atoms with van der Waals surface area (Å²) in [6.07, 6.45) is -0.354. The van der Waals surface area contributed by atoms with Crippen molar-refractivity contribution >= 4 is 22.0 Å². The van der Waals surface area contributed by atoms with Crippen molar-refractivity contribution in [2.24, 2.45) is 0 Å². The minimum absolute atomic E-state index is 0.0564. The Balaban J connectivity index is 1.71. The number of ether oxygens (including phenoxy) is 3. The highest BCUT2D eigenvalue weighted by atomic mass is 79.9. The first-order chi connectivity index (χ1) is 11.2. The molecule has 1 aromatic rings. The molecule has 0 N–H and O–H groups in total. The van der Waals surface area contributed by atoms with Gasteiger partial charge in [0.2, 0.25) is 0 Å². The van der Waals surface area contributed by atoms with E-state index in [1.54, 1.807) is 4.90 Å². The summed E-state index contributed by atoms with van der Waals surface area (Å²) >= 11 is 3.58. The Hall–Kier alpha value is -1.27. The molecule has 24 heavy (non-hydrogen) atoms. The van der Waals surface area contributed by atoms with Gasteiger partial charge in [-0.15, -0.1) is 0 Å². The number of hydrogen-bond donors (Lipinski definition) is 0. The lowest BCUT2D eigenvalue weighted by Crippen LogP contribution is -2.36. The van der Waals surface area contributed by atoms with Gasteiger partial charge in [-0.1, -0.05) is 33.6 Å².